The minimum atomic E-state index is -3.65. The zero-order valence-corrected chi connectivity index (χ0v) is 11.9. The lowest BCUT2D eigenvalue weighted by atomic mass is 10.4. The molecule has 0 amide bonds. The summed E-state index contributed by atoms with van der Waals surface area (Å²) >= 11 is 0. The van der Waals surface area contributed by atoms with Gasteiger partial charge >= 0.3 is 0 Å². The van der Waals surface area contributed by atoms with Crippen molar-refractivity contribution in [2.24, 2.45) is 12.8 Å². The number of aryl methyl sites for hydroxylation is 1. The van der Waals surface area contributed by atoms with Crippen LogP contribution in [-0.4, -0.2) is 55.1 Å². The van der Waals surface area contributed by atoms with Crippen molar-refractivity contribution in [3.8, 4) is 0 Å². The van der Waals surface area contributed by atoms with Crippen molar-refractivity contribution in [3.05, 3.63) is 12.3 Å². The van der Waals surface area contributed by atoms with Gasteiger partial charge < -0.3 is 10.5 Å². The highest BCUT2D eigenvalue weighted by molar-refractivity contribution is 7.89. The number of nitrogens with one attached hydrogen (secondary N) is 1. The predicted octanol–water partition coefficient (Wildman–Crippen LogP) is -0.617. The maximum Gasteiger partial charge on any atom is 0.260 e. The van der Waals surface area contributed by atoms with Crippen molar-refractivity contribution >= 4 is 15.9 Å². The molecule has 9 heteroatoms. The third kappa shape index (κ3) is 4.01. The van der Waals surface area contributed by atoms with Gasteiger partial charge in [0.05, 0.1) is 18.6 Å². The molecule has 8 nitrogen and oxygen atoms in total. The van der Waals surface area contributed by atoms with Crippen LogP contribution in [0, 0.1) is 5.41 Å². The molecule has 1 heterocycles. The Hall–Kier alpha value is -1.45. The van der Waals surface area contributed by atoms with Crippen LogP contribution in [0.1, 0.15) is 6.42 Å². The van der Waals surface area contributed by atoms with Gasteiger partial charge in [0.25, 0.3) is 10.0 Å². The molecule has 0 fully saturated rings. The molecule has 0 atom stereocenters. The molecule has 0 unspecified atom stereocenters. The molecule has 0 bridgehead atoms. The van der Waals surface area contributed by atoms with E-state index in [1.807, 2.05) is 0 Å². The summed E-state index contributed by atoms with van der Waals surface area (Å²) in [6, 6.07) is 1.43. The zero-order valence-electron chi connectivity index (χ0n) is 11.0. The van der Waals surface area contributed by atoms with E-state index >= 15 is 0 Å². The van der Waals surface area contributed by atoms with Gasteiger partial charge in [-0.25, -0.2) is 8.42 Å². The monoisotopic (exact) mass is 289 g/mol. The number of aromatic nitrogens is 2. The number of nitrogens with zero attached hydrogens (tertiary/aromatic N) is 3. The van der Waals surface area contributed by atoms with Gasteiger partial charge in [0.1, 0.15) is 0 Å². The lowest BCUT2D eigenvalue weighted by Gasteiger charge is -2.21. The molecule has 0 aromatic carbocycles. The van der Waals surface area contributed by atoms with Crippen molar-refractivity contribution in [2.45, 2.75) is 11.4 Å². The first-order valence-corrected chi connectivity index (χ1v) is 7.13. The Labute approximate surface area is 112 Å². The van der Waals surface area contributed by atoms with Crippen molar-refractivity contribution in [1.82, 2.24) is 14.1 Å². The molecular weight excluding hydrogens is 270 g/mol. The van der Waals surface area contributed by atoms with Gasteiger partial charge in [-0.3, -0.25) is 10.1 Å². The van der Waals surface area contributed by atoms with Crippen molar-refractivity contribution in [2.75, 3.05) is 26.8 Å². The van der Waals surface area contributed by atoms with E-state index < -0.39 is 10.0 Å². The summed E-state index contributed by atoms with van der Waals surface area (Å²) in [6.45, 7) is 0.623. The second kappa shape index (κ2) is 6.64. The number of amidine groups is 1. The van der Waals surface area contributed by atoms with Crippen LogP contribution in [0.3, 0.4) is 0 Å². The van der Waals surface area contributed by atoms with Gasteiger partial charge in [-0.15, -0.1) is 0 Å². The van der Waals surface area contributed by atoms with Gasteiger partial charge in [0, 0.05) is 33.7 Å². The van der Waals surface area contributed by atoms with E-state index in [1.165, 1.54) is 28.4 Å². The Kier molecular flexibility index (Phi) is 5.45. The van der Waals surface area contributed by atoms with Crippen LogP contribution in [0.15, 0.2) is 17.3 Å². The van der Waals surface area contributed by atoms with Crippen LogP contribution in [0.25, 0.3) is 0 Å². The Morgan fingerprint density at radius 1 is 1.58 bits per heavy atom. The third-order valence-corrected chi connectivity index (χ3v) is 4.53. The highest BCUT2D eigenvalue weighted by atomic mass is 32.2. The minimum absolute atomic E-state index is 0.0531. The molecule has 0 aliphatic rings. The molecule has 3 N–H and O–H groups in total. The molecule has 0 aliphatic carbocycles. The van der Waals surface area contributed by atoms with Crippen LogP contribution in [0.4, 0.5) is 0 Å². The van der Waals surface area contributed by atoms with E-state index in [1.54, 1.807) is 7.05 Å². The number of hydrogen-bond donors (Lipinski definition) is 2. The highest BCUT2D eigenvalue weighted by Crippen LogP contribution is 2.14. The predicted molar refractivity (Wildman–Crippen MR) is 70.4 cm³/mol. The summed E-state index contributed by atoms with van der Waals surface area (Å²) in [5.41, 5.74) is 5.27. The summed E-state index contributed by atoms with van der Waals surface area (Å²) in [4.78, 5) is 0. The van der Waals surface area contributed by atoms with Gasteiger partial charge in [-0.05, 0) is 6.07 Å². The molecule has 0 spiro atoms. The van der Waals surface area contributed by atoms with Gasteiger partial charge in [0.15, 0.2) is 5.03 Å². The smallest absolute Gasteiger partial charge is 0.260 e. The summed E-state index contributed by atoms with van der Waals surface area (Å²) < 4.78 is 32.3. The molecule has 108 valence electrons. The van der Waals surface area contributed by atoms with Crippen LogP contribution in [0.5, 0.6) is 0 Å². The fraction of sp³-hybridized carbons (Fsp3) is 0.600. The Morgan fingerprint density at radius 2 is 2.26 bits per heavy atom. The topological polar surface area (TPSA) is 114 Å². The van der Waals surface area contributed by atoms with Crippen molar-refractivity contribution in [3.63, 3.8) is 0 Å². The van der Waals surface area contributed by atoms with Gasteiger partial charge in [0.2, 0.25) is 0 Å². The molecule has 0 saturated carbocycles. The molecular formula is C10H19N5O3S. The van der Waals surface area contributed by atoms with Crippen LogP contribution >= 0.6 is 0 Å². The fourth-order valence-corrected chi connectivity index (χ4v) is 3.06. The Balaban J connectivity index is 2.95. The first-order chi connectivity index (χ1) is 8.89. The van der Waals surface area contributed by atoms with Gasteiger partial charge in [-0.1, -0.05) is 0 Å². The molecule has 1 aromatic heterocycles. The first-order valence-electron chi connectivity index (χ1n) is 5.69. The largest absolute Gasteiger partial charge is 0.388 e. The van der Waals surface area contributed by atoms with E-state index in [-0.39, 0.29) is 37.0 Å². The quantitative estimate of drug-likeness (QED) is 0.489. The Morgan fingerprint density at radius 3 is 2.74 bits per heavy atom. The standard InChI is InChI=1S/C10H19N5O3S/c1-14-10(3-5-13-14)19(16,17)15(7-8-18-2)6-4-9(11)12/h3,5H,4,6-8H2,1-2H3,(H3,11,12). The van der Waals surface area contributed by atoms with Crippen LogP contribution in [-0.2, 0) is 21.8 Å². The number of ether oxygens (including phenoxy) is 1. The summed E-state index contributed by atoms with van der Waals surface area (Å²) in [5, 5.41) is 11.2. The number of rotatable bonds is 8. The number of hydrogen-bond acceptors (Lipinski definition) is 5. The second-order valence-electron chi connectivity index (χ2n) is 3.97. The molecule has 0 radical (unpaired) electrons. The molecule has 1 rings (SSSR count). The molecule has 19 heavy (non-hydrogen) atoms. The van der Waals surface area contributed by atoms with Crippen molar-refractivity contribution < 1.29 is 13.2 Å². The average molecular weight is 289 g/mol. The lowest BCUT2D eigenvalue weighted by molar-refractivity contribution is 0.179. The van der Waals surface area contributed by atoms with E-state index in [9.17, 15) is 8.42 Å². The highest BCUT2D eigenvalue weighted by Gasteiger charge is 2.26. The second-order valence-corrected chi connectivity index (χ2v) is 5.85. The maximum absolute atomic E-state index is 12.4. The minimum Gasteiger partial charge on any atom is -0.388 e. The maximum atomic E-state index is 12.4. The summed E-state index contributed by atoms with van der Waals surface area (Å²) in [7, 11) is -0.593. The molecule has 0 saturated heterocycles. The SMILES string of the molecule is COCCN(CCC(=N)N)S(=O)(=O)c1ccnn1C. The van der Waals surface area contributed by atoms with Crippen molar-refractivity contribution in [1.29, 1.82) is 5.41 Å². The first kappa shape index (κ1) is 15.6. The lowest BCUT2D eigenvalue weighted by Crippen LogP contribution is -2.37. The van der Waals surface area contributed by atoms with E-state index in [0.717, 1.165) is 0 Å². The van der Waals surface area contributed by atoms with E-state index in [2.05, 4.69) is 5.10 Å². The van der Waals surface area contributed by atoms with E-state index in [4.69, 9.17) is 15.9 Å². The van der Waals surface area contributed by atoms with Crippen LogP contribution < -0.4 is 5.73 Å². The summed E-state index contributed by atoms with van der Waals surface area (Å²) in [6.07, 6.45) is 1.60. The normalized spacial score (nSPS) is 11.9. The molecule has 0 aliphatic heterocycles. The number of sulfonamides is 1. The zero-order chi connectivity index (χ0) is 14.5. The van der Waals surface area contributed by atoms with E-state index in [0.29, 0.717) is 0 Å². The van der Waals surface area contributed by atoms with Gasteiger partial charge in [-0.2, -0.15) is 9.40 Å². The fourth-order valence-electron chi connectivity index (χ4n) is 1.54. The number of methoxy groups -OCH3 is 1. The number of nitrogens with two attached hydrogens (primary N) is 1. The summed E-state index contributed by atoms with van der Waals surface area (Å²) in [5.74, 6) is -0.0531. The molecule has 1 aromatic rings. The van der Waals surface area contributed by atoms with Crippen LogP contribution in [0.2, 0.25) is 0 Å². The average Bonchev–Trinajstić information content (AvgIpc) is 2.75. The Bertz CT molecular complexity index is 525. The third-order valence-electron chi connectivity index (χ3n) is 2.56.